The molecule has 0 unspecified atom stereocenters. The van der Waals surface area contributed by atoms with E-state index in [2.05, 4.69) is 4.98 Å². The molecule has 0 saturated carbocycles. The van der Waals surface area contributed by atoms with Crippen LogP contribution < -0.4 is 0 Å². The second kappa shape index (κ2) is 22.4. The molecule has 0 N–H and O–H groups in total. The van der Waals surface area contributed by atoms with Crippen LogP contribution in [-0.2, 0) is 0 Å². The SMILES string of the molecule is CC.CC.CC.Cc1nccs1. The van der Waals surface area contributed by atoms with Gasteiger partial charge in [-0.1, -0.05) is 41.5 Å². The molecule has 0 fully saturated rings. The number of aromatic nitrogens is 1. The molecule has 0 spiro atoms. The van der Waals surface area contributed by atoms with E-state index in [4.69, 9.17) is 0 Å². The van der Waals surface area contributed by atoms with Gasteiger partial charge in [0.15, 0.2) is 0 Å². The molecular weight excluding hydrogens is 166 g/mol. The summed E-state index contributed by atoms with van der Waals surface area (Å²) in [6.07, 6.45) is 1.81. The van der Waals surface area contributed by atoms with Crippen molar-refractivity contribution in [3.63, 3.8) is 0 Å². The molecular formula is C10H23NS. The lowest BCUT2D eigenvalue weighted by atomic mass is 10.8. The summed E-state index contributed by atoms with van der Waals surface area (Å²) in [5.74, 6) is 0. The van der Waals surface area contributed by atoms with Gasteiger partial charge in [-0.2, -0.15) is 0 Å². The maximum Gasteiger partial charge on any atom is 0.0893 e. The monoisotopic (exact) mass is 189 g/mol. The first-order valence-corrected chi connectivity index (χ1v) is 5.63. The van der Waals surface area contributed by atoms with Crippen LogP contribution in [0, 0.1) is 6.92 Å². The fourth-order valence-corrected chi connectivity index (χ4v) is 0.735. The predicted octanol–water partition coefficient (Wildman–Crippen LogP) is 4.53. The highest BCUT2D eigenvalue weighted by Crippen LogP contribution is 1.98. The van der Waals surface area contributed by atoms with Crippen molar-refractivity contribution >= 4 is 11.3 Å². The summed E-state index contributed by atoms with van der Waals surface area (Å²) in [6, 6.07) is 0. The Hall–Kier alpha value is -0.370. The van der Waals surface area contributed by atoms with Gasteiger partial charge in [-0.05, 0) is 6.92 Å². The second-order valence-corrected chi connectivity index (χ2v) is 2.15. The topological polar surface area (TPSA) is 12.9 Å². The molecule has 0 aliphatic heterocycles. The summed E-state index contributed by atoms with van der Waals surface area (Å²) in [4.78, 5) is 3.94. The van der Waals surface area contributed by atoms with E-state index in [1.54, 1.807) is 17.5 Å². The van der Waals surface area contributed by atoms with Gasteiger partial charge < -0.3 is 0 Å². The van der Waals surface area contributed by atoms with Crippen molar-refractivity contribution in [2.24, 2.45) is 0 Å². The molecule has 0 aliphatic carbocycles. The molecule has 0 atom stereocenters. The van der Waals surface area contributed by atoms with E-state index in [0.29, 0.717) is 0 Å². The number of hydrogen-bond acceptors (Lipinski definition) is 2. The lowest BCUT2D eigenvalue weighted by Gasteiger charge is -1.65. The van der Waals surface area contributed by atoms with Crippen LogP contribution in [0.25, 0.3) is 0 Å². The Bertz CT molecular complexity index is 113. The van der Waals surface area contributed by atoms with E-state index in [1.807, 2.05) is 53.8 Å². The van der Waals surface area contributed by atoms with Crippen molar-refractivity contribution in [3.8, 4) is 0 Å². The molecule has 74 valence electrons. The first-order chi connectivity index (χ1) is 5.89. The zero-order chi connectivity index (χ0) is 10.4. The van der Waals surface area contributed by atoms with Crippen molar-refractivity contribution in [1.82, 2.24) is 4.98 Å². The lowest BCUT2D eigenvalue weighted by molar-refractivity contribution is 1.30. The van der Waals surface area contributed by atoms with Gasteiger partial charge >= 0.3 is 0 Å². The summed E-state index contributed by atoms with van der Waals surface area (Å²) < 4.78 is 0. The van der Waals surface area contributed by atoms with Crippen molar-refractivity contribution in [2.75, 3.05) is 0 Å². The third kappa shape index (κ3) is 16.3. The van der Waals surface area contributed by atoms with Gasteiger partial charge in [0, 0.05) is 11.6 Å². The van der Waals surface area contributed by atoms with Gasteiger partial charge in [0.1, 0.15) is 0 Å². The largest absolute Gasteiger partial charge is 0.250 e. The first-order valence-electron chi connectivity index (χ1n) is 4.75. The molecule has 0 radical (unpaired) electrons. The van der Waals surface area contributed by atoms with Crippen molar-refractivity contribution in [2.45, 2.75) is 48.5 Å². The van der Waals surface area contributed by atoms with Gasteiger partial charge in [0.05, 0.1) is 5.01 Å². The van der Waals surface area contributed by atoms with Crippen LogP contribution in [0.4, 0.5) is 0 Å². The smallest absolute Gasteiger partial charge is 0.0893 e. The lowest BCUT2D eigenvalue weighted by Crippen LogP contribution is -1.56. The molecule has 1 heterocycles. The van der Waals surface area contributed by atoms with Crippen LogP contribution in [-0.4, -0.2) is 4.98 Å². The van der Waals surface area contributed by atoms with Crippen LogP contribution in [0.15, 0.2) is 11.6 Å². The molecule has 0 saturated heterocycles. The number of thiazole rings is 1. The van der Waals surface area contributed by atoms with Crippen molar-refractivity contribution < 1.29 is 0 Å². The molecule has 12 heavy (non-hydrogen) atoms. The van der Waals surface area contributed by atoms with Gasteiger partial charge in [0.25, 0.3) is 0 Å². The quantitative estimate of drug-likeness (QED) is 0.584. The summed E-state index contributed by atoms with van der Waals surface area (Å²) >= 11 is 1.67. The van der Waals surface area contributed by atoms with E-state index >= 15 is 0 Å². The predicted molar refractivity (Wildman–Crippen MR) is 60.9 cm³/mol. The fraction of sp³-hybridized carbons (Fsp3) is 0.700. The Morgan fingerprint density at radius 3 is 1.50 bits per heavy atom. The number of rotatable bonds is 0. The first kappa shape index (κ1) is 17.6. The van der Waals surface area contributed by atoms with E-state index < -0.39 is 0 Å². The standard InChI is InChI=1S/C4H5NS.3C2H6/c1-4-5-2-3-6-4;3*1-2/h2-3H,1H3;3*1-2H3. The minimum Gasteiger partial charge on any atom is -0.250 e. The number of nitrogens with zero attached hydrogens (tertiary/aromatic N) is 1. The van der Waals surface area contributed by atoms with Gasteiger partial charge in [-0.25, -0.2) is 0 Å². The Balaban J connectivity index is -0.000000117. The zero-order valence-electron chi connectivity index (χ0n) is 9.51. The average Bonchev–Trinajstić information content (AvgIpc) is 2.66. The molecule has 0 aromatic carbocycles. The minimum absolute atomic E-state index is 1.13. The molecule has 1 rings (SSSR count). The van der Waals surface area contributed by atoms with Crippen molar-refractivity contribution in [3.05, 3.63) is 16.6 Å². The molecule has 1 nitrogen and oxygen atoms in total. The Kier molecular flexibility index (Phi) is 33.0. The van der Waals surface area contributed by atoms with E-state index in [-0.39, 0.29) is 0 Å². The molecule has 0 amide bonds. The summed E-state index contributed by atoms with van der Waals surface area (Å²) in [6.45, 7) is 14.0. The van der Waals surface area contributed by atoms with Crippen LogP contribution in [0.2, 0.25) is 0 Å². The molecule has 0 bridgehead atoms. The molecule has 2 heteroatoms. The molecule has 1 aromatic rings. The third-order valence-electron chi connectivity index (χ3n) is 0.556. The third-order valence-corrected chi connectivity index (χ3v) is 1.26. The number of aryl methyl sites for hydroxylation is 1. The highest BCUT2D eigenvalue weighted by Gasteiger charge is 1.76. The molecule has 0 aliphatic rings. The van der Waals surface area contributed by atoms with Gasteiger partial charge in [-0.3, -0.25) is 4.98 Å². The van der Waals surface area contributed by atoms with E-state index in [0.717, 1.165) is 5.01 Å². The van der Waals surface area contributed by atoms with Crippen LogP contribution in [0.3, 0.4) is 0 Å². The average molecular weight is 189 g/mol. The highest BCUT2D eigenvalue weighted by atomic mass is 32.1. The van der Waals surface area contributed by atoms with Gasteiger partial charge in [0.2, 0.25) is 0 Å². The van der Waals surface area contributed by atoms with Crippen LogP contribution in [0.1, 0.15) is 46.6 Å². The zero-order valence-corrected chi connectivity index (χ0v) is 10.3. The fourth-order valence-electron chi connectivity index (χ4n) is 0.295. The second-order valence-electron chi connectivity index (χ2n) is 1.05. The Morgan fingerprint density at radius 2 is 1.42 bits per heavy atom. The maximum absolute atomic E-state index is 3.94. The van der Waals surface area contributed by atoms with Crippen molar-refractivity contribution in [1.29, 1.82) is 0 Å². The summed E-state index contributed by atoms with van der Waals surface area (Å²) in [5, 5.41) is 3.10. The van der Waals surface area contributed by atoms with E-state index in [9.17, 15) is 0 Å². The van der Waals surface area contributed by atoms with Crippen LogP contribution >= 0.6 is 11.3 Å². The summed E-state index contributed by atoms with van der Waals surface area (Å²) in [7, 11) is 0. The summed E-state index contributed by atoms with van der Waals surface area (Å²) in [5.41, 5.74) is 0. The maximum atomic E-state index is 3.94. The highest BCUT2D eigenvalue weighted by molar-refractivity contribution is 7.09. The Morgan fingerprint density at radius 1 is 1.00 bits per heavy atom. The van der Waals surface area contributed by atoms with Gasteiger partial charge in [-0.15, -0.1) is 11.3 Å². The Labute approximate surface area is 81.9 Å². The minimum atomic E-state index is 1.13. The molecule has 1 aromatic heterocycles. The van der Waals surface area contributed by atoms with Crippen LogP contribution in [0.5, 0.6) is 0 Å². The van der Waals surface area contributed by atoms with E-state index in [1.165, 1.54) is 0 Å². The normalized spacial score (nSPS) is 5.92. The number of hydrogen-bond donors (Lipinski definition) is 0.